The number of hydrogen-bond donors (Lipinski definition) is 4. The summed E-state index contributed by atoms with van der Waals surface area (Å²) in [4.78, 5) is 25.5. The molecule has 4 aliphatic carbocycles. The maximum absolute atomic E-state index is 12.8. The lowest BCUT2D eigenvalue weighted by molar-refractivity contribution is -0.141. The minimum Gasteiger partial charge on any atom is -0.391 e. The summed E-state index contributed by atoms with van der Waals surface area (Å²) >= 11 is 12.3. The number of fused-ring (bicyclic) bond motifs is 3. The zero-order chi connectivity index (χ0) is 24.5. The third-order valence-electron chi connectivity index (χ3n) is 8.32. The molecule has 0 aromatic heterocycles. The molecule has 0 radical (unpaired) electrons. The first-order chi connectivity index (χ1) is 16.1. The number of aliphatic hydroxyl groups is 1. The number of rotatable bonds is 7. The van der Waals surface area contributed by atoms with Gasteiger partial charge in [0, 0.05) is 12.1 Å². The zero-order valence-corrected chi connectivity index (χ0v) is 20.7. The highest BCUT2D eigenvalue weighted by molar-refractivity contribution is 6.30. The second kappa shape index (κ2) is 10.7. The molecule has 0 aromatic rings. The fourth-order valence-corrected chi connectivity index (χ4v) is 6.60. The van der Waals surface area contributed by atoms with Crippen molar-refractivity contribution in [3.63, 3.8) is 0 Å². The van der Waals surface area contributed by atoms with Crippen LogP contribution in [0.5, 0.6) is 0 Å². The number of carbonyl (C=O) groups is 2. The fraction of sp³-hybridized carbons (Fsp3) is 0.913. The normalized spacial score (nSPS) is 42.4. The van der Waals surface area contributed by atoms with Crippen LogP contribution in [0.4, 0.5) is 8.78 Å². The summed E-state index contributed by atoms with van der Waals surface area (Å²) in [5, 5.41) is 19.6. The van der Waals surface area contributed by atoms with E-state index in [9.17, 15) is 23.5 Å². The molecule has 4 N–H and O–H groups in total. The molecule has 1 aliphatic heterocycles. The van der Waals surface area contributed by atoms with Gasteiger partial charge in [0.25, 0.3) is 6.43 Å². The van der Waals surface area contributed by atoms with Crippen molar-refractivity contribution in [2.45, 2.75) is 111 Å². The first-order valence-electron chi connectivity index (χ1n) is 12.3. The summed E-state index contributed by atoms with van der Waals surface area (Å²) in [6.45, 7) is 0.141. The Labute approximate surface area is 209 Å². The Hall–Kier alpha value is -0.740. The van der Waals surface area contributed by atoms with Gasteiger partial charge in [-0.1, -0.05) is 0 Å². The molecule has 194 valence electrons. The molecule has 2 bridgehead atoms. The van der Waals surface area contributed by atoms with E-state index in [2.05, 4.69) is 16.0 Å². The van der Waals surface area contributed by atoms with Gasteiger partial charge in [-0.2, -0.15) is 0 Å². The average molecular weight is 526 g/mol. The molecule has 34 heavy (non-hydrogen) atoms. The number of halogens is 4. The molecule has 1 heterocycles. The Kier molecular flexibility index (Phi) is 8.29. The number of nitrogens with one attached hydrogen (secondary N) is 3. The van der Waals surface area contributed by atoms with Gasteiger partial charge >= 0.3 is 0 Å². The van der Waals surface area contributed by atoms with E-state index < -0.39 is 29.6 Å². The van der Waals surface area contributed by atoms with E-state index >= 15 is 0 Å². The van der Waals surface area contributed by atoms with Crippen LogP contribution < -0.4 is 16.0 Å². The smallest absolute Gasteiger partial charge is 0.253 e. The molecular weight excluding hydrogens is 491 g/mol. The molecule has 1 saturated heterocycles. The summed E-state index contributed by atoms with van der Waals surface area (Å²) < 4.78 is 31.4. The second-order valence-corrected chi connectivity index (χ2v) is 11.7. The van der Waals surface area contributed by atoms with Crippen molar-refractivity contribution in [2.24, 2.45) is 5.92 Å². The molecule has 0 spiro atoms. The van der Waals surface area contributed by atoms with E-state index in [4.69, 9.17) is 27.9 Å². The van der Waals surface area contributed by atoms with E-state index in [1.54, 1.807) is 0 Å². The first kappa shape index (κ1) is 26.3. The summed E-state index contributed by atoms with van der Waals surface area (Å²) in [7, 11) is 0. The van der Waals surface area contributed by atoms with Crippen LogP contribution in [-0.2, 0) is 14.3 Å². The van der Waals surface area contributed by atoms with Crippen LogP contribution in [0.1, 0.15) is 64.2 Å². The van der Waals surface area contributed by atoms with Gasteiger partial charge in [-0.3, -0.25) is 9.59 Å². The molecule has 5 aliphatic rings. The maximum atomic E-state index is 12.8. The van der Waals surface area contributed by atoms with Crippen LogP contribution in [-0.4, -0.2) is 76.6 Å². The molecule has 5 unspecified atom stereocenters. The van der Waals surface area contributed by atoms with Crippen LogP contribution in [0, 0.1) is 5.92 Å². The van der Waals surface area contributed by atoms with Gasteiger partial charge in [-0.15, -0.1) is 23.2 Å². The van der Waals surface area contributed by atoms with Crippen molar-refractivity contribution in [2.75, 3.05) is 13.2 Å². The predicted octanol–water partition coefficient (Wildman–Crippen LogP) is 2.45. The summed E-state index contributed by atoms with van der Waals surface area (Å²) in [6.07, 6.45) is 2.24. The van der Waals surface area contributed by atoms with E-state index in [0.29, 0.717) is 44.9 Å². The highest BCUT2D eigenvalue weighted by atomic mass is 35.5. The average Bonchev–Trinajstić information content (AvgIpc) is 2.81. The number of amides is 2. The summed E-state index contributed by atoms with van der Waals surface area (Å²) in [6, 6.07) is -0.853. The van der Waals surface area contributed by atoms with Gasteiger partial charge in [0.15, 0.2) is 0 Å². The highest BCUT2D eigenvalue weighted by Gasteiger charge is 2.55. The van der Waals surface area contributed by atoms with E-state index in [1.807, 2.05) is 0 Å². The number of piperidine rings is 1. The molecule has 5 fully saturated rings. The Morgan fingerprint density at radius 3 is 2.38 bits per heavy atom. The van der Waals surface area contributed by atoms with Crippen molar-refractivity contribution in [3.8, 4) is 0 Å². The molecule has 6 atom stereocenters. The lowest BCUT2D eigenvalue weighted by Gasteiger charge is -2.56. The van der Waals surface area contributed by atoms with Crippen LogP contribution in [0.25, 0.3) is 0 Å². The Balaban J connectivity index is 1.24. The Morgan fingerprint density at radius 2 is 1.79 bits per heavy atom. The summed E-state index contributed by atoms with van der Waals surface area (Å²) in [5.74, 6) is -0.768. The minimum atomic E-state index is -2.43. The Bertz CT molecular complexity index is 746. The summed E-state index contributed by atoms with van der Waals surface area (Å²) in [5.41, 5.74) is -1.23. The first-order valence-corrected chi connectivity index (χ1v) is 13.2. The van der Waals surface area contributed by atoms with Crippen molar-refractivity contribution in [3.05, 3.63) is 0 Å². The minimum absolute atomic E-state index is 0.0708. The third-order valence-corrected chi connectivity index (χ3v) is 9.45. The molecule has 5 rings (SSSR count). The third kappa shape index (κ3) is 5.80. The van der Waals surface area contributed by atoms with Crippen LogP contribution in [0.2, 0.25) is 0 Å². The number of alkyl halides is 4. The van der Waals surface area contributed by atoms with Crippen LogP contribution >= 0.6 is 23.2 Å². The number of carbonyl (C=O) groups excluding carboxylic acids is 2. The monoisotopic (exact) mass is 525 g/mol. The van der Waals surface area contributed by atoms with Gasteiger partial charge in [0.2, 0.25) is 11.8 Å². The second-order valence-electron chi connectivity index (χ2n) is 10.6. The van der Waals surface area contributed by atoms with Gasteiger partial charge in [-0.25, -0.2) is 8.78 Å². The molecule has 2 amide bonds. The van der Waals surface area contributed by atoms with Crippen LogP contribution in [0.3, 0.4) is 0 Å². The fourth-order valence-electron chi connectivity index (χ4n) is 6.04. The number of ether oxygens (including phenoxy) is 1. The number of aliphatic hydroxyl groups excluding tert-OH is 1. The lowest BCUT2D eigenvalue weighted by Crippen LogP contribution is -2.70. The molecule has 4 saturated carbocycles. The van der Waals surface area contributed by atoms with Crippen molar-refractivity contribution >= 4 is 35.0 Å². The van der Waals surface area contributed by atoms with E-state index in [-0.39, 0.29) is 54.2 Å². The molecule has 0 aromatic carbocycles. The van der Waals surface area contributed by atoms with Gasteiger partial charge in [-0.05, 0) is 64.2 Å². The number of hydrogen-bond acceptors (Lipinski definition) is 5. The largest absolute Gasteiger partial charge is 0.391 e. The van der Waals surface area contributed by atoms with Gasteiger partial charge in [0.05, 0.1) is 40.5 Å². The van der Waals surface area contributed by atoms with E-state index in [0.717, 1.165) is 12.8 Å². The topological polar surface area (TPSA) is 99.7 Å². The quantitative estimate of drug-likeness (QED) is 0.382. The van der Waals surface area contributed by atoms with Crippen molar-refractivity contribution < 1.29 is 28.2 Å². The SMILES string of the molecule is O=C(COC1CCC(Cl)C(Cl)C1)NC12CCC(NC(=O)C3CCC(C(F)F)NC3)(CC1)C[C@@H]2O. The van der Waals surface area contributed by atoms with Gasteiger partial charge in [0.1, 0.15) is 6.61 Å². The predicted molar refractivity (Wildman–Crippen MR) is 124 cm³/mol. The standard InChI is InChI=1S/C23H35Cl2F2N3O4/c24-15-3-2-14(9-16(15)25)34-12-19(32)29-23-7-5-22(6-8-23,10-18(23)31)30-21(33)13-1-4-17(20(26)27)28-11-13/h13-18,20,28,31H,1-12H2,(H,29,32)(H,30,33)/t13?,14?,15?,16?,17?,18-,22?,23?/m0/s1. The van der Waals surface area contributed by atoms with Gasteiger partial charge < -0.3 is 25.8 Å². The van der Waals surface area contributed by atoms with Crippen molar-refractivity contribution in [1.29, 1.82) is 0 Å². The molecular formula is C23H35Cl2F2N3O4. The highest BCUT2D eigenvalue weighted by Crippen LogP contribution is 2.47. The lowest BCUT2D eigenvalue weighted by atomic mass is 9.59. The van der Waals surface area contributed by atoms with Crippen LogP contribution in [0.15, 0.2) is 0 Å². The maximum Gasteiger partial charge on any atom is 0.253 e. The molecule has 7 nitrogen and oxygen atoms in total. The van der Waals surface area contributed by atoms with Crippen molar-refractivity contribution in [1.82, 2.24) is 16.0 Å². The Morgan fingerprint density at radius 1 is 1.06 bits per heavy atom. The van der Waals surface area contributed by atoms with E-state index in [1.165, 1.54) is 0 Å². The zero-order valence-electron chi connectivity index (χ0n) is 19.2. The molecule has 11 heteroatoms.